The van der Waals surface area contributed by atoms with Crippen molar-refractivity contribution < 1.29 is 13.9 Å². The van der Waals surface area contributed by atoms with Crippen LogP contribution >= 0.6 is 27.5 Å². The molecule has 0 bridgehead atoms. The van der Waals surface area contributed by atoms with E-state index in [1.165, 1.54) is 12.1 Å². The predicted molar refractivity (Wildman–Crippen MR) is 70.2 cm³/mol. The lowest BCUT2D eigenvalue weighted by Crippen LogP contribution is -2.01. The fourth-order valence-corrected chi connectivity index (χ4v) is 1.59. The van der Waals surface area contributed by atoms with E-state index in [0.29, 0.717) is 11.1 Å². The Kier molecular flexibility index (Phi) is 4.49. The molecule has 0 N–H and O–H groups in total. The van der Waals surface area contributed by atoms with Crippen molar-refractivity contribution in [3.8, 4) is 17.8 Å². The van der Waals surface area contributed by atoms with Crippen LogP contribution in [0, 0.1) is 5.82 Å². The molecule has 0 atom stereocenters. The molecule has 0 amide bonds. The lowest BCUT2D eigenvalue weighted by Gasteiger charge is -2.06. The first-order valence-electron chi connectivity index (χ1n) is 5.25. The Hall–Kier alpha value is -1.47. The Labute approximate surface area is 121 Å². The predicted octanol–water partition coefficient (Wildman–Crippen LogP) is 3.62. The van der Waals surface area contributed by atoms with Crippen LogP contribution in [0.2, 0.25) is 5.28 Å². The van der Waals surface area contributed by atoms with E-state index in [4.69, 9.17) is 21.1 Å². The molecule has 0 unspecified atom stereocenters. The number of benzene rings is 1. The van der Waals surface area contributed by atoms with Crippen LogP contribution in [-0.4, -0.2) is 21.6 Å². The molecule has 19 heavy (non-hydrogen) atoms. The summed E-state index contributed by atoms with van der Waals surface area (Å²) in [7, 11) is 0. The highest BCUT2D eigenvalue weighted by molar-refractivity contribution is 9.10. The fourth-order valence-electron chi connectivity index (χ4n) is 1.20. The Morgan fingerprint density at radius 1 is 1.26 bits per heavy atom. The van der Waals surface area contributed by atoms with Gasteiger partial charge in [-0.25, -0.2) is 4.39 Å². The van der Waals surface area contributed by atoms with E-state index in [1.807, 2.05) is 0 Å². The summed E-state index contributed by atoms with van der Waals surface area (Å²) >= 11 is 8.75. The minimum Gasteiger partial charge on any atom is -0.464 e. The van der Waals surface area contributed by atoms with Crippen LogP contribution in [0.5, 0.6) is 17.8 Å². The first kappa shape index (κ1) is 14.0. The maximum Gasteiger partial charge on any atom is 0.329 e. The Bertz CT molecular complexity index is 600. The molecule has 1 aromatic carbocycles. The van der Waals surface area contributed by atoms with Gasteiger partial charge in [0, 0.05) is 6.07 Å². The Balaban J connectivity index is 2.24. The summed E-state index contributed by atoms with van der Waals surface area (Å²) in [6.07, 6.45) is 0. The van der Waals surface area contributed by atoms with Crippen molar-refractivity contribution in [3.63, 3.8) is 0 Å². The van der Waals surface area contributed by atoms with Gasteiger partial charge in [-0.15, -0.1) is 4.98 Å². The van der Waals surface area contributed by atoms with Gasteiger partial charge in [0.2, 0.25) is 5.28 Å². The van der Waals surface area contributed by atoms with Crippen molar-refractivity contribution in [1.29, 1.82) is 0 Å². The molecule has 0 aliphatic rings. The van der Waals surface area contributed by atoms with Crippen molar-refractivity contribution in [3.05, 3.63) is 33.8 Å². The highest BCUT2D eigenvalue weighted by Gasteiger charge is 2.09. The summed E-state index contributed by atoms with van der Waals surface area (Å²) in [4.78, 5) is 11.4. The first-order valence-corrected chi connectivity index (χ1v) is 6.43. The second-order valence-corrected chi connectivity index (χ2v) is 4.47. The SMILES string of the molecule is CCOc1nc(Cl)nc(Oc2ccc(Br)c(F)c2)n1. The Morgan fingerprint density at radius 3 is 2.68 bits per heavy atom. The zero-order valence-corrected chi connectivity index (χ0v) is 12.1. The zero-order valence-electron chi connectivity index (χ0n) is 9.73. The van der Waals surface area contributed by atoms with E-state index in [-0.39, 0.29) is 23.1 Å². The van der Waals surface area contributed by atoms with Crippen LogP contribution in [0.25, 0.3) is 0 Å². The third kappa shape index (κ3) is 3.74. The first-order chi connectivity index (χ1) is 9.08. The summed E-state index contributed by atoms with van der Waals surface area (Å²) in [5, 5.41) is -0.0639. The quantitative estimate of drug-likeness (QED) is 0.844. The minimum atomic E-state index is -0.456. The molecule has 0 aliphatic heterocycles. The van der Waals surface area contributed by atoms with E-state index in [0.717, 1.165) is 0 Å². The second-order valence-electron chi connectivity index (χ2n) is 3.28. The van der Waals surface area contributed by atoms with E-state index < -0.39 is 5.82 Å². The topological polar surface area (TPSA) is 57.1 Å². The van der Waals surface area contributed by atoms with Crippen molar-refractivity contribution in [1.82, 2.24) is 15.0 Å². The molecule has 2 aromatic rings. The van der Waals surface area contributed by atoms with Crippen molar-refractivity contribution in [2.75, 3.05) is 6.61 Å². The number of hydrogen-bond acceptors (Lipinski definition) is 5. The highest BCUT2D eigenvalue weighted by Crippen LogP contribution is 2.25. The second kappa shape index (κ2) is 6.12. The van der Waals surface area contributed by atoms with Gasteiger partial charge in [0.25, 0.3) is 0 Å². The summed E-state index contributed by atoms with van der Waals surface area (Å²) in [6.45, 7) is 2.16. The highest BCUT2D eigenvalue weighted by atomic mass is 79.9. The van der Waals surface area contributed by atoms with Gasteiger partial charge in [0.1, 0.15) is 11.6 Å². The molecule has 1 aromatic heterocycles. The van der Waals surface area contributed by atoms with Gasteiger partial charge >= 0.3 is 12.0 Å². The number of hydrogen-bond donors (Lipinski definition) is 0. The molecule has 8 heteroatoms. The number of halogens is 3. The monoisotopic (exact) mass is 347 g/mol. The molecule has 0 spiro atoms. The molecule has 0 fully saturated rings. The molecule has 1 heterocycles. The number of rotatable bonds is 4. The molecular weight excluding hydrogens is 340 g/mol. The fraction of sp³-hybridized carbons (Fsp3) is 0.182. The van der Waals surface area contributed by atoms with Gasteiger partial charge < -0.3 is 9.47 Å². The molecule has 0 aliphatic carbocycles. The van der Waals surface area contributed by atoms with Crippen LogP contribution in [0.1, 0.15) is 6.92 Å². The average Bonchev–Trinajstić information content (AvgIpc) is 2.33. The molecule has 2 rings (SSSR count). The van der Waals surface area contributed by atoms with Crippen molar-refractivity contribution >= 4 is 27.5 Å². The smallest absolute Gasteiger partial charge is 0.329 e. The van der Waals surface area contributed by atoms with Crippen LogP contribution in [0.4, 0.5) is 4.39 Å². The third-order valence-electron chi connectivity index (χ3n) is 1.94. The zero-order chi connectivity index (χ0) is 13.8. The lowest BCUT2D eigenvalue weighted by atomic mass is 10.3. The van der Waals surface area contributed by atoms with E-state index in [9.17, 15) is 4.39 Å². The molecule has 0 saturated heterocycles. The normalized spacial score (nSPS) is 10.3. The largest absolute Gasteiger partial charge is 0.464 e. The molecular formula is C11H8BrClFN3O2. The van der Waals surface area contributed by atoms with Crippen LogP contribution < -0.4 is 9.47 Å². The standard InChI is InChI=1S/C11H8BrClFN3O2/c1-2-18-10-15-9(13)16-11(17-10)19-6-3-4-7(12)8(14)5-6/h3-5H,2H2,1H3. The van der Waals surface area contributed by atoms with Crippen molar-refractivity contribution in [2.24, 2.45) is 0 Å². The van der Waals surface area contributed by atoms with Gasteiger partial charge in [-0.3, -0.25) is 0 Å². The minimum absolute atomic E-state index is 0.0510. The van der Waals surface area contributed by atoms with Crippen LogP contribution in [0.15, 0.2) is 22.7 Å². The van der Waals surface area contributed by atoms with Gasteiger partial charge in [0.05, 0.1) is 11.1 Å². The van der Waals surface area contributed by atoms with E-state index in [1.54, 1.807) is 13.0 Å². The maximum atomic E-state index is 13.3. The summed E-state index contributed by atoms with van der Waals surface area (Å²) in [5.41, 5.74) is 0. The van der Waals surface area contributed by atoms with Crippen LogP contribution in [0.3, 0.4) is 0 Å². The third-order valence-corrected chi connectivity index (χ3v) is 2.75. The maximum absolute atomic E-state index is 13.3. The van der Waals surface area contributed by atoms with Gasteiger partial charge in [-0.05, 0) is 46.6 Å². The molecule has 0 radical (unpaired) electrons. The van der Waals surface area contributed by atoms with E-state index in [2.05, 4.69) is 30.9 Å². The molecule has 0 saturated carbocycles. The molecule has 100 valence electrons. The number of nitrogens with zero attached hydrogens (tertiary/aromatic N) is 3. The van der Waals surface area contributed by atoms with Crippen LogP contribution in [-0.2, 0) is 0 Å². The van der Waals surface area contributed by atoms with Gasteiger partial charge in [-0.1, -0.05) is 0 Å². The van der Waals surface area contributed by atoms with Gasteiger partial charge in [0.15, 0.2) is 0 Å². The average molecular weight is 349 g/mol. The summed E-state index contributed by atoms with van der Waals surface area (Å²) < 4.78 is 24.1. The van der Waals surface area contributed by atoms with Crippen molar-refractivity contribution in [2.45, 2.75) is 6.92 Å². The lowest BCUT2D eigenvalue weighted by molar-refractivity contribution is 0.303. The Morgan fingerprint density at radius 2 is 2.00 bits per heavy atom. The molecule has 5 nitrogen and oxygen atoms in total. The van der Waals surface area contributed by atoms with Gasteiger partial charge in [-0.2, -0.15) is 9.97 Å². The number of aromatic nitrogens is 3. The number of ether oxygens (including phenoxy) is 2. The van der Waals surface area contributed by atoms with E-state index >= 15 is 0 Å². The summed E-state index contributed by atoms with van der Waals surface area (Å²) in [5.74, 6) is -0.215. The summed E-state index contributed by atoms with van der Waals surface area (Å²) in [6, 6.07) is 4.25.